The molecule has 0 atom stereocenters. The second kappa shape index (κ2) is 6.88. The summed E-state index contributed by atoms with van der Waals surface area (Å²) in [5.74, 6) is -2.04. The van der Waals surface area contributed by atoms with Gasteiger partial charge in [0, 0.05) is 25.6 Å². The van der Waals surface area contributed by atoms with Gasteiger partial charge in [-0.05, 0) is 6.07 Å². The summed E-state index contributed by atoms with van der Waals surface area (Å²) in [6.45, 7) is 5.29. The molecule has 1 aromatic carbocycles. The zero-order valence-electron chi connectivity index (χ0n) is 14.6. The maximum Gasteiger partial charge on any atom is 0.425 e. The van der Waals surface area contributed by atoms with Crippen LogP contribution in [-0.4, -0.2) is 31.4 Å². The van der Waals surface area contributed by atoms with Crippen LogP contribution in [0.3, 0.4) is 0 Å². The highest BCUT2D eigenvalue weighted by Crippen LogP contribution is 2.34. The van der Waals surface area contributed by atoms with Crippen molar-refractivity contribution in [1.29, 1.82) is 0 Å². The number of benzene rings is 1. The Balaban J connectivity index is 2.68. The molecule has 0 amide bonds. The van der Waals surface area contributed by atoms with E-state index in [1.807, 2.05) is 0 Å². The number of hydrogen-bond donors (Lipinski definition) is 0. The van der Waals surface area contributed by atoms with Crippen LogP contribution in [0.5, 0.6) is 5.75 Å². The molecule has 144 valence electrons. The summed E-state index contributed by atoms with van der Waals surface area (Å²) < 4.78 is 49.8. The number of hydrogen-bond acceptors (Lipinski definition) is 5. The molecule has 0 aliphatic carbocycles. The number of rotatable bonds is 4. The first-order chi connectivity index (χ1) is 11.8. The molecule has 2 aromatic rings. The van der Waals surface area contributed by atoms with Gasteiger partial charge in [0.15, 0.2) is 16.7 Å². The van der Waals surface area contributed by atoms with Gasteiger partial charge in [-0.15, -0.1) is 0 Å². The molecule has 0 spiro atoms. The van der Waals surface area contributed by atoms with Crippen molar-refractivity contribution >= 4 is 33.5 Å². The van der Waals surface area contributed by atoms with Crippen molar-refractivity contribution in [1.82, 2.24) is 8.87 Å². The smallest absolute Gasteiger partial charge is 0.410 e. The van der Waals surface area contributed by atoms with Crippen LogP contribution >= 0.6 is 23.2 Å². The summed E-state index contributed by atoms with van der Waals surface area (Å²) in [7, 11) is -1.64. The van der Waals surface area contributed by atoms with Gasteiger partial charge in [-0.2, -0.15) is 12.7 Å². The van der Waals surface area contributed by atoms with Crippen LogP contribution in [0.15, 0.2) is 21.3 Å². The molecule has 0 bridgehead atoms. The molecule has 2 rings (SSSR count). The molecule has 0 unspecified atom stereocenters. The molecule has 26 heavy (non-hydrogen) atoms. The predicted octanol–water partition coefficient (Wildman–Crippen LogP) is 3.36. The van der Waals surface area contributed by atoms with Crippen LogP contribution < -0.4 is 9.94 Å². The van der Waals surface area contributed by atoms with Gasteiger partial charge in [0.05, 0.1) is 10.7 Å². The molecule has 0 aliphatic heterocycles. The zero-order valence-corrected chi connectivity index (χ0v) is 17.0. The quantitative estimate of drug-likeness (QED) is 0.748. The molecular formula is C15H17Cl2FN2O5S. The largest absolute Gasteiger partial charge is 0.425 e. The third kappa shape index (κ3) is 3.90. The van der Waals surface area contributed by atoms with Gasteiger partial charge in [0.1, 0.15) is 5.82 Å². The molecule has 0 saturated heterocycles. The van der Waals surface area contributed by atoms with E-state index < -0.39 is 27.3 Å². The average Bonchev–Trinajstić information content (AvgIpc) is 2.77. The number of halogens is 3. The SMILES string of the molecule is CN(C)S(=O)(=O)Oc1cc(-n2c(Cl)c(C(C)(C)C)oc2=O)c(F)cc1Cl. The Hall–Kier alpha value is -1.55. The lowest BCUT2D eigenvalue weighted by Crippen LogP contribution is -2.27. The minimum absolute atomic E-state index is 0.134. The standard InChI is InChI=1S/C15H17Cl2FN2O5S/c1-15(2,3)12-13(17)20(14(21)24-12)10-7-11(8(16)6-9(10)18)25-26(22,23)19(4)5/h6-7H,1-5H3. The van der Waals surface area contributed by atoms with Gasteiger partial charge in [-0.3, -0.25) is 0 Å². The Bertz CT molecular complexity index is 1010. The van der Waals surface area contributed by atoms with E-state index in [0.29, 0.717) is 0 Å². The van der Waals surface area contributed by atoms with Gasteiger partial charge in [-0.25, -0.2) is 13.8 Å². The maximum absolute atomic E-state index is 14.4. The second-order valence-corrected chi connectivity index (χ2v) is 9.15. The summed E-state index contributed by atoms with van der Waals surface area (Å²) in [4.78, 5) is 12.2. The van der Waals surface area contributed by atoms with Crippen molar-refractivity contribution in [3.63, 3.8) is 0 Å². The van der Waals surface area contributed by atoms with E-state index >= 15 is 0 Å². The van der Waals surface area contributed by atoms with Gasteiger partial charge >= 0.3 is 16.1 Å². The maximum atomic E-state index is 14.4. The topological polar surface area (TPSA) is 81.8 Å². The van der Waals surface area contributed by atoms with Gasteiger partial charge in [0.25, 0.3) is 0 Å². The minimum atomic E-state index is -4.14. The van der Waals surface area contributed by atoms with E-state index in [1.165, 1.54) is 14.1 Å². The normalized spacial score (nSPS) is 12.7. The summed E-state index contributed by atoms with van der Waals surface area (Å²) in [6, 6.07) is 1.79. The third-order valence-electron chi connectivity index (χ3n) is 3.32. The van der Waals surface area contributed by atoms with Crippen LogP contribution in [0.1, 0.15) is 26.5 Å². The molecule has 7 nitrogen and oxygen atoms in total. The highest BCUT2D eigenvalue weighted by molar-refractivity contribution is 7.84. The third-order valence-corrected chi connectivity index (χ3v) is 5.24. The fourth-order valence-electron chi connectivity index (χ4n) is 1.96. The van der Waals surface area contributed by atoms with E-state index in [-0.39, 0.29) is 27.4 Å². The molecule has 0 N–H and O–H groups in total. The Morgan fingerprint density at radius 1 is 1.23 bits per heavy atom. The Labute approximate surface area is 160 Å². The summed E-state index contributed by atoms with van der Waals surface area (Å²) >= 11 is 12.1. The fourth-order valence-corrected chi connectivity index (χ4v) is 3.20. The molecule has 1 aromatic heterocycles. The van der Waals surface area contributed by atoms with Crippen molar-refractivity contribution in [3.8, 4) is 11.4 Å². The number of nitrogens with zero attached hydrogens (tertiary/aromatic N) is 2. The minimum Gasteiger partial charge on any atom is -0.410 e. The zero-order chi connectivity index (χ0) is 20.0. The van der Waals surface area contributed by atoms with Crippen molar-refractivity contribution < 1.29 is 21.4 Å². The summed E-state index contributed by atoms with van der Waals surface area (Å²) in [6.07, 6.45) is 0. The fraction of sp³-hybridized carbons (Fsp3) is 0.400. The van der Waals surface area contributed by atoms with Gasteiger partial charge in [0.2, 0.25) is 0 Å². The lowest BCUT2D eigenvalue weighted by atomic mass is 9.94. The lowest BCUT2D eigenvalue weighted by molar-refractivity contribution is 0.385. The first-order valence-corrected chi connectivity index (χ1v) is 9.41. The van der Waals surface area contributed by atoms with E-state index in [4.69, 9.17) is 31.8 Å². The highest BCUT2D eigenvalue weighted by atomic mass is 35.5. The van der Waals surface area contributed by atoms with Crippen molar-refractivity contribution in [3.05, 3.63) is 44.4 Å². The molecule has 0 saturated carbocycles. The van der Waals surface area contributed by atoms with Crippen LogP contribution in [0.4, 0.5) is 4.39 Å². The predicted molar refractivity (Wildman–Crippen MR) is 96.2 cm³/mol. The van der Waals surface area contributed by atoms with E-state index in [9.17, 15) is 17.6 Å². The van der Waals surface area contributed by atoms with Crippen molar-refractivity contribution in [2.75, 3.05) is 14.1 Å². The van der Waals surface area contributed by atoms with Gasteiger partial charge < -0.3 is 8.60 Å². The van der Waals surface area contributed by atoms with E-state index in [2.05, 4.69) is 0 Å². The molecular weight excluding hydrogens is 410 g/mol. The number of aromatic nitrogens is 1. The van der Waals surface area contributed by atoms with Crippen LogP contribution in [0.25, 0.3) is 5.69 Å². The van der Waals surface area contributed by atoms with Crippen LogP contribution in [0.2, 0.25) is 10.2 Å². The van der Waals surface area contributed by atoms with Crippen LogP contribution in [0, 0.1) is 5.82 Å². The average molecular weight is 427 g/mol. The van der Waals surface area contributed by atoms with Gasteiger partial charge in [-0.1, -0.05) is 44.0 Å². The summed E-state index contributed by atoms with van der Waals surface area (Å²) in [5.41, 5.74) is -0.967. The van der Waals surface area contributed by atoms with E-state index in [0.717, 1.165) is 21.0 Å². The Kier molecular flexibility index (Phi) is 5.49. The molecule has 1 heterocycles. The summed E-state index contributed by atoms with van der Waals surface area (Å²) in [5, 5.41) is -0.425. The molecule has 11 heteroatoms. The van der Waals surface area contributed by atoms with Crippen molar-refractivity contribution in [2.24, 2.45) is 0 Å². The Morgan fingerprint density at radius 2 is 1.81 bits per heavy atom. The number of oxazole rings is 1. The van der Waals surface area contributed by atoms with Crippen LogP contribution in [-0.2, 0) is 15.7 Å². The highest BCUT2D eigenvalue weighted by Gasteiger charge is 2.29. The first-order valence-electron chi connectivity index (χ1n) is 7.29. The lowest BCUT2D eigenvalue weighted by Gasteiger charge is -2.15. The molecule has 0 aliphatic rings. The van der Waals surface area contributed by atoms with E-state index in [1.54, 1.807) is 20.8 Å². The molecule has 0 radical (unpaired) electrons. The van der Waals surface area contributed by atoms with Crippen molar-refractivity contribution in [2.45, 2.75) is 26.2 Å². The first kappa shape index (κ1) is 20.8. The second-order valence-electron chi connectivity index (χ2n) is 6.63. The monoisotopic (exact) mass is 426 g/mol. The molecule has 0 fully saturated rings. The Morgan fingerprint density at radius 3 is 2.27 bits per heavy atom.